The zero-order chi connectivity index (χ0) is 19.4. The van der Waals surface area contributed by atoms with Crippen molar-refractivity contribution in [1.82, 2.24) is 0 Å². The van der Waals surface area contributed by atoms with Crippen molar-refractivity contribution in [1.29, 1.82) is 0 Å². The van der Waals surface area contributed by atoms with Crippen molar-refractivity contribution in [3.05, 3.63) is 58.6 Å². The van der Waals surface area contributed by atoms with Gasteiger partial charge in [0.1, 0.15) is 0 Å². The summed E-state index contributed by atoms with van der Waals surface area (Å²) in [6.45, 7) is -0.298. The van der Waals surface area contributed by atoms with Crippen LogP contribution in [-0.2, 0) is 12.6 Å². The van der Waals surface area contributed by atoms with Gasteiger partial charge >= 0.3 is 6.18 Å². The van der Waals surface area contributed by atoms with Gasteiger partial charge in [-0.05, 0) is 55.2 Å². The topological polar surface area (TPSA) is 72.3 Å². The predicted molar refractivity (Wildman–Crippen MR) is 98.1 cm³/mol. The molecule has 2 aromatic carbocycles. The van der Waals surface area contributed by atoms with Crippen LogP contribution in [0.1, 0.15) is 24.0 Å². The summed E-state index contributed by atoms with van der Waals surface area (Å²) >= 11 is 7.49. The fraction of sp³-hybridized carbons (Fsp3) is 0.333. The Hall–Kier alpha value is -1.25. The molecule has 0 spiro atoms. The fourth-order valence-electron chi connectivity index (χ4n) is 2.35. The van der Waals surface area contributed by atoms with Crippen molar-refractivity contribution in [3.8, 4) is 0 Å². The number of rotatable bonds is 7. The van der Waals surface area contributed by atoms with E-state index in [-0.39, 0.29) is 6.61 Å². The van der Waals surface area contributed by atoms with E-state index in [0.717, 1.165) is 22.6 Å². The Balaban J connectivity index is 2.03. The second-order valence-corrected chi connectivity index (χ2v) is 7.68. The summed E-state index contributed by atoms with van der Waals surface area (Å²) in [5.74, 6) is 0. The van der Waals surface area contributed by atoms with Crippen molar-refractivity contribution < 1.29 is 18.3 Å². The Morgan fingerprint density at radius 3 is 2.35 bits per heavy atom. The van der Waals surface area contributed by atoms with Crippen LogP contribution in [0.3, 0.4) is 0 Å². The van der Waals surface area contributed by atoms with Crippen LogP contribution in [0, 0.1) is 0 Å². The van der Waals surface area contributed by atoms with Gasteiger partial charge in [-0.1, -0.05) is 35.5 Å². The molecular weight excluding hydrogens is 385 g/mol. The van der Waals surface area contributed by atoms with Crippen LogP contribution < -0.4 is 11.5 Å². The van der Waals surface area contributed by atoms with Gasteiger partial charge in [-0.3, -0.25) is 0 Å². The first kappa shape index (κ1) is 21.1. The quantitative estimate of drug-likeness (QED) is 0.596. The number of aryl methyl sites for hydroxylation is 1. The molecule has 0 aliphatic carbocycles. The molecule has 0 aliphatic rings. The second kappa shape index (κ2) is 8.63. The Morgan fingerprint density at radius 2 is 1.73 bits per heavy atom. The lowest BCUT2D eigenvalue weighted by Crippen LogP contribution is -2.52. The van der Waals surface area contributed by atoms with Gasteiger partial charge in [0.2, 0.25) is 0 Å². The molecule has 8 heteroatoms. The Bertz CT molecular complexity index is 753. The van der Waals surface area contributed by atoms with Crippen LogP contribution in [0.25, 0.3) is 0 Å². The number of alkyl halides is 3. The van der Waals surface area contributed by atoms with Gasteiger partial charge in [-0.2, -0.15) is 13.2 Å². The van der Waals surface area contributed by atoms with E-state index in [9.17, 15) is 13.2 Å². The van der Waals surface area contributed by atoms with E-state index in [4.69, 9.17) is 28.2 Å². The zero-order valence-electron chi connectivity index (χ0n) is 13.9. The lowest BCUT2D eigenvalue weighted by Gasteiger charge is -2.21. The molecule has 0 aliphatic heterocycles. The number of hydrogen-bond donors (Lipinski definition) is 3. The summed E-state index contributed by atoms with van der Waals surface area (Å²) < 4.78 is 38.4. The average molecular weight is 405 g/mol. The zero-order valence-corrected chi connectivity index (χ0v) is 15.5. The van der Waals surface area contributed by atoms with Gasteiger partial charge in [0.15, 0.2) is 0 Å². The summed E-state index contributed by atoms with van der Waals surface area (Å²) in [4.78, 5) is 1.24. The Labute approximate surface area is 159 Å². The van der Waals surface area contributed by atoms with E-state index in [2.05, 4.69) is 0 Å². The number of benzene rings is 2. The summed E-state index contributed by atoms with van der Waals surface area (Å²) in [6.07, 6.45) is -2.62. The third kappa shape index (κ3) is 6.17. The molecule has 0 unspecified atom stereocenters. The molecule has 0 amide bonds. The smallest absolute Gasteiger partial charge is 0.393 e. The molecule has 0 fully saturated rings. The third-order valence-electron chi connectivity index (χ3n) is 3.80. The molecule has 0 aromatic heterocycles. The molecule has 0 radical (unpaired) electrons. The largest absolute Gasteiger partial charge is 0.416 e. The van der Waals surface area contributed by atoms with Crippen molar-refractivity contribution >= 4 is 23.4 Å². The maximum absolute atomic E-state index is 12.8. The second-order valence-electron chi connectivity index (χ2n) is 6.13. The van der Waals surface area contributed by atoms with E-state index in [1.165, 1.54) is 17.8 Å². The van der Waals surface area contributed by atoms with E-state index in [0.29, 0.717) is 29.2 Å². The van der Waals surface area contributed by atoms with Gasteiger partial charge < -0.3 is 16.6 Å². The van der Waals surface area contributed by atoms with E-state index >= 15 is 0 Å². The predicted octanol–water partition coefficient (Wildman–Crippen LogP) is 4.44. The Kier molecular flexibility index (Phi) is 6.99. The molecule has 2 rings (SSSR count). The maximum atomic E-state index is 12.8. The summed E-state index contributed by atoms with van der Waals surface area (Å²) in [7, 11) is 0. The average Bonchev–Trinajstić information content (AvgIpc) is 2.56. The van der Waals surface area contributed by atoms with Crippen molar-refractivity contribution in [2.24, 2.45) is 11.5 Å². The van der Waals surface area contributed by atoms with Crippen molar-refractivity contribution in [3.63, 3.8) is 0 Å². The molecule has 0 atom stereocenters. The number of nitrogens with two attached hydrogens (primary N) is 2. The standard InChI is InChI=1S/C18H20ClF3N2OS/c19-16-10-15(7-6-12(16)3-2-8-17(23,24)11-25)26-14-5-1-4-13(9-14)18(20,21)22/h1,4-7,9-10,25H,2-3,8,11,23-24H2. The SMILES string of the molecule is NC(N)(CO)CCCc1ccc(Sc2cccc(C(F)(F)F)c2)cc1Cl. The number of halogens is 4. The van der Waals surface area contributed by atoms with E-state index in [1.807, 2.05) is 12.1 Å². The highest BCUT2D eigenvalue weighted by molar-refractivity contribution is 7.99. The molecular formula is C18H20ClF3N2OS. The van der Waals surface area contributed by atoms with Gasteiger partial charge in [-0.25, -0.2) is 0 Å². The minimum absolute atomic E-state index is 0.298. The minimum Gasteiger partial charge on any atom is -0.393 e. The first-order chi connectivity index (χ1) is 12.1. The monoisotopic (exact) mass is 404 g/mol. The van der Waals surface area contributed by atoms with Crippen LogP contribution in [0.4, 0.5) is 13.2 Å². The van der Waals surface area contributed by atoms with Crippen LogP contribution in [0.15, 0.2) is 52.3 Å². The summed E-state index contributed by atoms with van der Waals surface area (Å²) in [5.41, 5.74) is 10.5. The molecule has 142 valence electrons. The van der Waals surface area contributed by atoms with Gasteiger partial charge in [-0.15, -0.1) is 0 Å². The third-order valence-corrected chi connectivity index (χ3v) is 5.14. The minimum atomic E-state index is -4.37. The number of aliphatic hydroxyl groups is 1. The van der Waals surface area contributed by atoms with Gasteiger partial charge in [0.05, 0.1) is 17.8 Å². The molecule has 0 heterocycles. The van der Waals surface area contributed by atoms with Crippen LogP contribution in [0.5, 0.6) is 0 Å². The first-order valence-electron chi connectivity index (χ1n) is 7.93. The van der Waals surface area contributed by atoms with Crippen LogP contribution in [-0.4, -0.2) is 17.4 Å². The normalized spacial score (nSPS) is 12.4. The highest BCUT2D eigenvalue weighted by Crippen LogP contribution is 2.35. The number of aliphatic hydroxyl groups excluding tert-OH is 1. The van der Waals surface area contributed by atoms with E-state index in [1.54, 1.807) is 12.1 Å². The van der Waals surface area contributed by atoms with Crippen molar-refractivity contribution in [2.75, 3.05) is 6.61 Å². The molecule has 0 saturated carbocycles. The highest BCUT2D eigenvalue weighted by Gasteiger charge is 2.30. The van der Waals surface area contributed by atoms with Crippen LogP contribution in [0.2, 0.25) is 5.02 Å². The van der Waals surface area contributed by atoms with E-state index < -0.39 is 17.4 Å². The first-order valence-corrected chi connectivity index (χ1v) is 9.12. The lowest BCUT2D eigenvalue weighted by molar-refractivity contribution is -0.137. The lowest BCUT2D eigenvalue weighted by atomic mass is 10.0. The van der Waals surface area contributed by atoms with Gasteiger partial charge in [0, 0.05) is 14.8 Å². The molecule has 0 bridgehead atoms. The summed E-state index contributed by atoms with van der Waals surface area (Å²) in [5, 5.41) is 9.58. The van der Waals surface area contributed by atoms with Gasteiger partial charge in [0.25, 0.3) is 0 Å². The molecule has 0 saturated heterocycles. The molecule has 2 aromatic rings. The fourth-order valence-corrected chi connectivity index (χ4v) is 3.61. The maximum Gasteiger partial charge on any atom is 0.416 e. The van der Waals surface area contributed by atoms with Crippen molar-refractivity contribution in [2.45, 2.75) is 40.9 Å². The summed E-state index contributed by atoms with van der Waals surface area (Å²) in [6, 6.07) is 10.5. The van der Waals surface area contributed by atoms with Crippen LogP contribution >= 0.6 is 23.4 Å². The number of hydrogen-bond acceptors (Lipinski definition) is 4. The molecule has 5 N–H and O–H groups in total. The Morgan fingerprint density at radius 1 is 1.04 bits per heavy atom. The molecule has 26 heavy (non-hydrogen) atoms. The molecule has 3 nitrogen and oxygen atoms in total. The highest BCUT2D eigenvalue weighted by atomic mass is 35.5.